The predicted octanol–water partition coefficient (Wildman–Crippen LogP) is 2.26. The molecule has 2 aliphatic rings. The highest BCUT2D eigenvalue weighted by Crippen LogP contribution is 2.21. The number of hydrogen-bond acceptors (Lipinski definition) is 6. The summed E-state index contributed by atoms with van der Waals surface area (Å²) >= 11 is 0. The Morgan fingerprint density at radius 1 is 1.15 bits per heavy atom. The molecule has 1 atom stereocenters. The van der Waals surface area contributed by atoms with Gasteiger partial charge in [0.1, 0.15) is 0 Å². The molecule has 1 N–H and O–H groups in total. The fourth-order valence-electron chi connectivity index (χ4n) is 3.87. The third-order valence-corrected chi connectivity index (χ3v) is 7.09. The van der Waals surface area contributed by atoms with Crippen LogP contribution < -0.4 is 5.32 Å². The first-order valence-corrected chi connectivity index (χ1v) is 11.4. The maximum absolute atomic E-state index is 12.8. The van der Waals surface area contributed by atoms with E-state index in [0.29, 0.717) is 30.5 Å². The van der Waals surface area contributed by atoms with Gasteiger partial charge in [0, 0.05) is 31.0 Å². The van der Waals surface area contributed by atoms with Crippen molar-refractivity contribution in [3.63, 3.8) is 0 Å². The molecular formula is C18H28N4O3S. The van der Waals surface area contributed by atoms with Crippen molar-refractivity contribution in [3.05, 3.63) is 18.0 Å². The highest BCUT2D eigenvalue weighted by Gasteiger charge is 2.34. The van der Waals surface area contributed by atoms with Crippen LogP contribution in [-0.4, -0.2) is 59.3 Å². The highest BCUT2D eigenvalue weighted by molar-refractivity contribution is 7.91. The molecule has 2 heterocycles. The van der Waals surface area contributed by atoms with Crippen LogP contribution in [-0.2, 0) is 9.84 Å². The zero-order chi connectivity index (χ0) is 18.6. The van der Waals surface area contributed by atoms with Gasteiger partial charge >= 0.3 is 0 Å². The first-order chi connectivity index (χ1) is 12.5. The lowest BCUT2D eigenvalue weighted by Crippen LogP contribution is -2.41. The molecule has 8 heteroatoms. The number of sulfone groups is 1. The molecule has 2 fully saturated rings. The summed E-state index contributed by atoms with van der Waals surface area (Å²) in [5.41, 5.74) is 0.405. The SMILES string of the molecule is CCN(C(=O)c1cnc(NC2CCCCCC2)nc1)C1CCS(=O)(=O)C1. The van der Waals surface area contributed by atoms with Crippen molar-refractivity contribution in [1.82, 2.24) is 14.9 Å². The van der Waals surface area contributed by atoms with Crippen LogP contribution >= 0.6 is 0 Å². The minimum Gasteiger partial charge on any atom is -0.351 e. The summed E-state index contributed by atoms with van der Waals surface area (Å²) in [5.74, 6) is 0.562. The van der Waals surface area contributed by atoms with Crippen molar-refractivity contribution in [2.75, 3.05) is 23.4 Å². The second-order valence-electron chi connectivity index (χ2n) is 7.28. The van der Waals surface area contributed by atoms with Crippen LogP contribution in [0.4, 0.5) is 5.95 Å². The number of nitrogens with one attached hydrogen (secondary N) is 1. The molecule has 26 heavy (non-hydrogen) atoms. The minimum absolute atomic E-state index is 0.0504. The Balaban J connectivity index is 1.64. The summed E-state index contributed by atoms with van der Waals surface area (Å²) in [6.45, 7) is 2.34. The van der Waals surface area contributed by atoms with Gasteiger partial charge in [-0.2, -0.15) is 0 Å². The molecule has 0 aromatic carbocycles. The Kier molecular flexibility index (Phi) is 6.11. The molecule has 0 bridgehead atoms. The van der Waals surface area contributed by atoms with Gasteiger partial charge in [0.15, 0.2) is 9.84 Å². The molecule has 1 saturated carbocycles. The zero-order valence-electron chi connectivity index (χ0n) is 15.4. The molecule has 1 saturated heterocycles. The number of amides is 1. The molecule has 144 valence electrons. The van der Waals surface area contributed by atoms with E-state index < -0.39 is 9.84 Å². The summed E-state index contributed by atoms with van der Waals surface area (Å²) < 4.78 is 23.4. The van der Waals surface area contributed by atoms with Crippen molar-refractivity contribution in [2.24, 2.45) is 0 Å². The summed E-state index contributed by atoms with van der Waals surface area (Å²) in [5, 5.41) is 3.37. The lowest BCUT2D eigenvalue weighted by atomic mass is 10.1. The van der Waals surface area contributed by atoms with Gasteiger partial charge in [-0.25, -0.2) is 18.4 Å². The average Bonchev–Trinajstić information content (AvgIpc) is 2.82. The Hall–Kier alpha value is -1.70. The third kappa shape index (κ3) is 4.72. The number of aromatic nitrogens is 2. The van der Waals surface area contributed by atoms with Crippen LogP contribution in [0, 0.1) is 0 Å². The number of carbonyl (C=O) groups excluding carboxylic acids is 1. The van der Waals surface area contributed by atoms with E-state index in [1.165, 1.54) is 25.7 Å². The van der Waals surface area contributed by atoms with Gasteiger partial charge in [0.25, 0.3) is 5.91 Å². The van der Waals surface area contributed by atoms with Crippen LogP contribution in [0.15, 0.2) is 12.4 Å². The van der Waals surface area contributed by atoms with Crippen molar-refractivity contribution in [2.45, 2.75) is 64.0 Å². The summed E-state index contributed by atoms with van der Waals surface area (Å²) in [6.07, 6.45) is 10.9. The Morgan fingerprint density at radius 3 is 2.35 bits per heavy atom. The number of carbonyl (C=O) groups is 1. The normalized spacial score (nSPS) is 23.3. The zero-order valence-corrected chi connectivity index (χ0v) is 16.2. The molecule has 7 nitrogen and oxygen atoms in total. The molecular weight excluding hydrogens is 352 g/mol. The van der Waals surface area contributed by atoms with Crippen LogP contribution in [0.1, 0.15) is 62.2 Å². The van der Waals surface area contributed by atoms with Gasteiger partial charge in [-0.15, -0.1) is 0 Å². The summed E-state index contributed by atoms with van der Waals surface area (Å²) in [7, 11) is -3.03. The fourth-order valence-corrected chi connectivity index (χ4v) is 5.60. The first-order valence-electron chi connectivity index (χ1n) is 9.58. The largest absolute Gasteiger partial charge is 0.351 e. The molecule has 1 unspecified atom stereocenters. The lowest BCUT2D eigenvalue weighted by Gasteiger charge is -2.26. The number of rotatable bonds is 5. The standard InChI is InChI=1S/C18H28N4O3S/c1-2-22(16-9-10-26(24,25)13-16)17(23)14-11-19-18(20-12-14)21-15-7-5-3-4-6-8-15/h11-12,15-16H,2-10,13H2,1H3,(H,19,20,21). The van der Waals surface area contributed by atoms with Gasteiger partial charge in [-0.1, -0.05) is 25.7 Å². The van der Waals surface area contributed by atoms with Crippen LogP contribution in [0.25, 0.3) is 0 Å². The van der Waals surface area contributed by atoms with E-state index >= 15 is 0 Å². The van der Waals surface area contributed by atoms with Crippen molar-refractivity contribution < 1.29 is 13.2 Å². The summed E-state index contributed by atoms with van der Waals surface area (Å²) in [4.78, 5) is 23.0. The number of anilines is 1. The lowest BCUT2D eigenvalue weighted by molar-refractivity contribution is 0.0707. The molecule has 1 aliphatic carbocycles. The Bertz CT molecular complexity index is 712. The molecule has 1 aromatic heterocycles. The molecule has 0 spiro atoms. The Morgan fingerprint density at radius 2 is 1.81 bits per heavy atom. The van der Waals surface area contributed by atoms with Gasteiger partial charge in [0.2, 0.25) is 5.95 Å². The van der Waals surface area contributed by atoms with Gasteiger partial charge in [-0.3, -0.25) is 4.79 Å². The second-order valence-corrected chi connectivity index (χ2v) is 9.50. The van der Waals surface area contributed by atoms with Crippen molar-refractivity contribution >= 4 is 21.7 Å². The number of hydrogen-bond donors (Lipinski definition) is 1. The van der Waals surface area contributed by atoms with E-state index in [1.807, 2.05) is 6.92 Å². The van der Waals surface area contributed by atoms with E-state index in [9.17, 15) is 13.2 Å². The maximum atomic E-state index is 12.8. The molecule has 1 aliphatic heterocycles. The second kappa shape index (κ2) is 8.33. The molecule has 1 amide bonds. The van der Waals surface area contributed by atoms with Crippen molar-refractivity contribution in [3.8, 4) is 0 Å². The van der Waals surface area contributed by atoms with E-state index in [-0.39, 0.29) is 23.5 Å². The topological polar surface area (TPSA) is 92.3 Å². The monoisotopic (exact) mass is 380 g/mol. The number of nitrogens with zero attached hydrogens (tertiary/aromatic N) is 3. The highest BCUT2D eigenvalue weighted by atomic mass is 32.2. The van der Waals surface area contributed by atoms with Crippen LogP contribution in [0.2, 0.25) is 0 Å². The van der Waals surface area contributed by atoms with Gasteiger partial charge in [-0.05, 0) is 26.2 Å². The first kappa shape index (κ1) is 19.1. The molecule has 3 rings (SSSR count). The molecule has 1 aromatic rings. The quantitative estimate of drug-likeness (QED) is 0.788. The summed E-state index contributed by atoms with van der Waals surface area (Å²) in [6, 6.07) is 0.149. The van der Waals surface area contributed by atoms with Crippen LogP contribution in [0.3, 0.4) is 0 Å². The van der Waals surface area contributed by atoms with Gasteiger partial charge in [0.05, 0.1) is 17.1 Å². The Labute approximate surface area is 155 Å². The minimum atomic E-state index is -3.03. The predicted molar refractivity (Wildman–Crippen MR) is 101 cm³/mol. The molecule has 0 radical (unpaired) electrons. The van der Waals surface area contributed by atoms with Gasteiger partial charge < -0.3 is 10.2 Å². The van der Waals surface area contributed by atoms with E-state index in [0.717, 1.165) is 12.8 Å². The average molecular weight is 381 g/mol. The maximum Gasteiger partial charge on any atom is 0.257 e. The van der Waals surface area contributed by atoms with E-state index in [1.54, 1.807) is 17.3 Å². The van der Waals surface area contributed by atoms with Crippen LogP contribution in [0.5, 0.6) is 0 Å². The third-order valence-electron chi connectivity index (χ3n) is 5.34. The smallest absolute Gasteiger partial charge is 0.257 e. The fraction of sp³-hybridized carbons (Fsp3) is 0.722. The van der Waals surface area contributed by atoms with Crippen molar-refractivity contribution in [1.29, 1.82) is 0 Å². The van der Waals surface area contributed by atoms with E-state index in [2.05, 4.69) is 15.3 Å². The van der Waals surface area contributed by atoms with E-state index in [4.69, 9.17) is 0 Å².